The van der Waals surface area contributed by atoms with Crippen LogP contribution in [0.15, 0.2) is 65.2 Å². The van der Waals surface area contributed by atoms with Crippen LogP contribution >= 0.6 is 11.6 Å². The summed E-state index contributed by atoms with van der Waals surface area (Å²) in [5.74, 6) is -0.452. The van der Waals surface area contributed by atoms with E-state index in [1.807, 2.05) is 32.2 Å². The number of phenols is 1. The van der Waals surface area contributed by atoms with Gasteiger partial charge in [-0.1, -0.05) is 18.2 Å². The number of furan rings is 1. The number of amides is 4. The predicted molar refractivity (Wildman–Crippen MR) is 204 cm³/mol. The van der Waals surface area contributed by atoms with Crippen molar-refractivity contribution in [1.29, 1.82) is 0 Å². The van der Waals surface area contributed by atoms with Crippen molar-refractivity contribution < 1.29 is 28.7 Å². The van der Waals surface area contributed by atoms with Crippen molar-refractivity contribution in [2.75, 3.05) is 57.1 Å². The highest BCUT2D eigenvalue weighted by molar-refractivity contribution is 6.19. The Hall–Kier alpha value is -5.40. The normalized spacial score (nSPS) is 13.8. The number of anilines is 1. The lowest BCUT2D eigenvalue weighted by molar-refractivity contribution is -0.120. The molecule has 3 heterocycles. The fraction of sp³-hybridized carbons (Fsp3) is 0.359. The third-order valence-corrected chi connectivity index (χ3v) is 9.82. The number of halogens is 1. The Balaban J connectivity index is 0.962. The van der Waals surface area contributed by atoms with E-state index in [1.54, 1.807) is 59.1 Å². The van der Waals surface area contributed by atoms with Crippen LogP contribution in [0.4, 0.5) is 5.69 Å². The summed E-state index contributed by atoms with van der Waals surface area (Å²) in [5, 5.41) is 21.7. The number of aryl methyl sites for hydroxylation is 2. The van der Waals surface area contributed by atoms with E-state index >= 15 is 0 Å². The van der Waals surface area contributed by atoms with Crippen LogP contribution in [0.1, 0.15) is 68.0 Å². The number of carbonyl (C=O) groups excluding carboxylic acids is 4. The van der Waals surface area contributed by atoms with Gasteiger partial charge in [0.2, 0.25) is 5.91 Å². The zero-order valence-electron chi connectivity index (χ0n) is 30.1. The number of hydrogen-bond donors (Lipinski definition) is 4. The average Bonchev–Trinajstić information content (AvgIpc) is 3.85. The maximum atomic E-state index is 13.7. The maximum Gasteiger partial charge on any atom is 0.294 e. The smallest absolute Gasteiger partial charge is 0.294 e. The van der Waals surface area contributed by atoms with E-state index in [9.17, 15) is 24.3 Å². The van der Waals surface area contributed by atoms with E-state index in [1.165, 1.54) is 0 Å². The fourth-order valence-electron chi connectivity index (χ4n) is 6.78. The highest BCUT2D eigenvalue weighted by Crippen LogP contribution is 2.46. The monoisotopic (exact) mass is 741 g/mol. The molecule has 6 rings (SSSR count). The molecule has 1 aliphatic rings. The molecule has 2 aromatic heterocycles. The number of aromatic hydroxyl groups is 1. The second-order valence-corrected chi connectivity index (χ2v) is 13.8. The number of rotatable bonds is 15. The summed E-state index contributed by atoms with van der Waals surface area (Å²) in [4.78, 5) is 59.2. The first-order valence-corrected chi connectivity index (χ1v) is 18.2. The molecular formula is C39H44ClN7O6. The van der Waals surface area contributed by atoms with Crippen LogP contribution in [0.2, 0.25) is 0 Å². The third-order valence-electron chi connectivity index (χ3n) is 9.45. The SMILES string of the molecule is Cc1cn(C)c(C(=O)NCCC(=O)NCCCN(C)CCCNC(=O)c2ccc3c(O)cc4c(c3c2)C(CCl)CN4C(=O)c2cc3ccccc3o2)n1. The van der Waals surface area contributed by atoms with Crippen molar-refractivity contribution in [3.63, 3.8) is 0 Å². The molecule has 3 aromatic carbocycles. The standard InChI is InChI=1S/C39H44ClN7O6/c1-24-22-46(3)36(44-24)38(51)43-15-12-34(49)41-13-6-16-45(2)17-7-14-42-37(50)26-10-11-28-29(18-26)35-27(21-40)23-47(30(35)20-31(28)48)39(52)33-19-25-8-4-5-9-32(25)53-33/h4-5,8-11,18-20,22,27,48H,6-7,12-17,21,23H2,1-3H3,(H,41,49)(H,42,50)(H,43,51). The van der Waals surface area contributed by atoms with Crippen molar-refractivity contribution in [3.05, 3.63) is 89.2 Å². The number of alkyl halides is 1. The van der Waals surface area contributed by atoms with Crippen LogP contribution in [0.3, 0.4) is 0 Å². The van der Waals surface area contributed by atoms with Crippen LogP contribution in [0.25, 0.3) is 21.7 Å². The number of nitrogens with zero attached hydrogens (tertiary/aromatic N) is 4. The largest absolute Gasteiger partial charge is 0.507 e. The molecule has 13 nitrogen and oxygen atoms in total. The summed E-state index contributed by atoms with van der Waals surface area (Å²) in [6, 6.07) is 15.9. The summed E-state index contributed by atoms with van der Waals surface area (Å²) in [7, 11) is 3.74. The van der Waals surface area contributed by atoms with Gasteiger partial charge in [0.25, 0.3) is 17.7 Å². The molecule has 0 spiro atoms. The van der Waals surface area contributed by atoms with Crippen molar-refractivity contribution >= 4 is 62.7 Å². The number of carbonyl (C=O) groups is 4. The first-order chi connectivity index (χ1) is 25.5. The number of phenolic OH excluding ortho intramolecular Hbond substituents is 1. The molecule has 53 heavy (non-hydrogen) atoms. The minimum Gasteiger partial charge on any atom is -0.507 e. The van der Waals surface area contributed by atoms with Crippen LogP contribution in [0, 0.1) is 6.92 Å². The van der Waals surface area contributed by atoms with Gasteiger partial charge < -0.3 is 39.8 Å². The number of imidazole rings is 1. The molecule has 5 aromatic rings. The molecule has 0 saturated carbocycles. The Kier molecular flexibility index (Phi) is 11.6. The van der Waals surface area contributed by atoms with E-state index < -0.39 is 0 Å². The van der Waals surface area contributed by atoms with Crippen molar-refractivity contribution in [3.8, 4) is 5.75 Å². The second-order valence-electron chi connectivity index (χ2n) is 13.4. The van der Waals surface area contributed by atoms with Gasteiger partial charge in [-0.15, -0.1) is 11.6 Å². The number of para-hydroxylation sites is 1. The fourth-order valence-corrected chi connectivity index (χ4v) is 7.03. The van der Waals surface area contributed by atoms with E-state index in [0.717, 1.165) is 42.6 Å². The Morgan fingerprint density at radius 1 is 0.962 bits per heavy atom. The van der Waals surface area contributed by atoms with Gasteiger partial charge in [-0.2, -0.15) is 0 Å². The molecule has 14 heteroatoms. The minimum atomic E-state index is -0.327. The maximum absolute atomic E-state index is 13.7. The zero-order valence-corrected chi connectivity index (χ0v) is 30.8. The highest BCUT2D eigenvalue weighted by Gasteiger charge is 2.36. The molecule has 0 radical (unpaired) electrons. The lowest BCUT2D eigenvalue weighted by atomic mass is 9.94. The number of nitrogens with one attached hydrogen (secondary N) is 3. The summed E-state index contributed by atoms with van der Waals surface area (Å²) in [6.07, 6.45) is 3.43. The number of fused-ring (bicyclic) bond motifs is 4. The predicted octanol–water partition coefficient (Wildman–Crippen LogP) is 4.69. The molecule has 0 aliphatic carbocycles. The zero-order chi connectivity index (χ0) is 37.6. The van der Waals surface area contributed by atoms with Gasteiger partial charge in [0.1, 0.15) is 11.3 Å². The molecule has 0 bridgehead atoms. The van der Waals surface area contributed by atoms with Crippen molar-refractivity contribution in [1.82, 2.24) is 30.4 Å². The molecule has 1 atom stereocenters. The molecule has 0 fully saturated rings. The first-order valence-electron chi connectivity index (χ1n) is 17.7. The van der Waals surface area contributed by atoms with Crippen molar-refractivity contribution in [2.24, 2.45) is 7.05 Å². The Morgan fingerprint density at radius 3 is 2.42 bits per heavy atom. The second kappa shape index (κ2) is 16.5. The van der Waals surface area contributed by atoms with E-state index in [4.69, 9.17) is 16.0 Å². The highest BCUT2D eigenvalue weighted by atomic mass is 35.5. The lowest BCUT2D eigenvalue weighted by Crippen LogP contribution is -2.33. The van der Waals surface area contributed by atoms with Crippen LogP contribution in [-0.2, 0) is 11.8 Å². The molecule has 4 N–H and O–H groups in total. The Labute approximate surface area is 312 Å². The molecule has 1 unspecified atom stereocenters. The molecule has 278 valence electrons. The minimum absolute atomic E-state index is 0.00559. The Morgan fingerprint density at radius 2 is 1.70 bits per heavy atom. The van der Waals surface area contributed by atoms with Gasteiger partial charge >= 0.3 is 0 Å². The van der Waals surface area contributed by atoms with Crippen LogP contribution in [-0.4, -0.2) is 95.4 Å². The summed E-state index contributed by atoms with van der Waals surface area (Å²) >= 11 is 6.43. The van der Waals surface area contributed by atoms with E-state index in [-0.39, 0.29) is 59.9 Å². The van der Waals surface area contributed by atoms with Crippen LogP contribution < -0.4 is 20.9 Å². The third kappa shape index (κ3) is 8.47. The molecule has 4 amide bonds. The topological polar surface area (TPSA) is 162 Å². The van der Waals surface area contributed by atoms with Gasteiger partial charge in [-0.05, 0) is 81.2 Å². The van der Waals surface area contributed by atoms with Gasteiger partial charge in [0, 0.05) is 80.0 Å². The average molecular weight is 742 g/mol. The summed E-state index contributed by atoms with van der Waals surface area (Å²) < 4.78 is 7.50. The summed E-state index contributed by atoms with van der Waals surface area (Å²) in [6.45, 7) is 4.85. The van der Waals surface area contributed by atoms with E-state index in [2.05, 4.69) is 25.8 Å². The lowest BCUT2D eigenvalue weighted by Gasteiger charge is -2.17. The number of benzene rings is 3. The van der Waals surface area contributed by atoms with Gasteiger partial charge in [-0.25, -0.2) is 4.98 Å². The molecular weight excluding hydrogens is 698 g/mol. The quantitative estimate of drug-likeness (QED) is 0.0888. The van der Waals surface area contributed by atoms with Gasteiger partial charge in [-0.3, -0.25) is 19.2 Å². The Bertz CT molecular complexity index is 2130. The van der Waals surface area contributed by atoms with E-state index in [0.29, 0.717) is 53.1 Å². The van der Waals surface area contributed by atoms with Gasteiger partial charge in [0.15, 0.2) is 11.6 Å². The van der Waals surface area contributed by atoms with Crippen molar-refractivity contribution in [2.45, 2.75) is 32.1 Å². The van der Waals surface area contributed by atoms with Crippen LogP contribution in [0.5, 0.6) is 5.75 Å². The number of aromatic nitrogens is 2. The summed E-state index contributed by atoms with van der Waals surface area (Å²) in [5.41, 5.74) is 3.17. The number of hydrogen-bond acceptors (Lipinski definition) is 8. The molecule has 1 aliphatic heterocycles. The van der Waals surface area contributed by atoms with Gasteiger partial charge in [0.05, 0.1) is 11.4 Å². The first kappa shape index (κ1) is 37.4. The molecule has 0 saturated heterocycles.